The SMILES string of the molecule is CC(O)c1noc(-c2ccc(Cl)s2)n1. The summed E-state index contributed by atoms with van der Waals surface area (Å²) in [6.45, 7) is 1.58. The molecule has 2 rings (SSSR count). The molecule has 0 aliphatic heterocycles. The number of aromatic nitrogens is 2. The topological polar surface area (TPSA) is 59.2 Å². The highest BCUT2D eigenvalue weighted by Crippen LogP contribution is 2.30. The number of aliphatic hydroxyl groups excluding tert-OH is 1. The van der Waals surface area contributed by atoms with Crippen LogP contribution in [0.25, 0.3) is 10.8 Å². The van der Waals surface area contributed by atoms with E-state index in [1.807, 2.05) is 0 Å². The minimum Gasteiger partial charge on any atom is -0.385 e. The molecule has 1 unspecified atom stereocenters. The van der Waals surface area contributed by atoms with Gasteiger partial charge in [-0.2, -0.15) is 4.98 Å². The van der Waals surface area contributed by atoms with Crippen LogP contribution in [0.2, 0.25) is 4.34 Å². The zero-order valence-electron chi connectivity index (χ0n) is 7.27. The Kier molecular flexibility index (Phi) is 2.54. The fraction of sp³-hybridized carbons (Fsp3) is 0.250. The van der Waals surface area contributed by atoms with E-state index in [1.165, 1.54) is 11.3 Å². The summed E-state index contributed by atoms with van der Waals surface area (Å²) < 4.78 is 5.62. The standard InChI is InChI=1S/C8H7ClN2O2S/c1-4(12)7-10-8(13-11-7)5-2-3-6(9)14-5/h2-4,12H,1H3. The van der Waals surface area contributed by atoms with Gasteiger partial charge in [-0.1, -0.05) is 16.8 Å². The summed E-state index contributed by atoms with van der Waals surface area (Å²) >= 11 is 7.11. The number of rotatable bonds is 2. The van der Waals surface area contributed by atoms with Crippen LogP contribution < -0.4 is 0 Å². The lowest BCUT2D eigenvalue weighted by Crippen LogP contribution is -1.92. The van der Waals surface area contributed by atoms with Gasteiger partial charge in [-0.25, -0.2) is 0 Å². The molecule has 0 saturated heterocycles. The van der Waals surface area contributed by atoms with E-state index in [-0.39, 0.29) is 5.82 Å². The Morgan fingerprint density at radius 2 is 2.36 bits per heavy atom. The number of nitrogens with zero attached hydrogens (tertiary/aromatic N) is 2. The van der Waals surface area contributed by atoms with Gasteiger partial charge in [0.25, 0.3) is 5.89 Å². The van der Waals surface area contributed by atoms with Crippen molar-refractivity contribution >= 4 is 22.9 Å². The highest BCUT2D eigenvalue weighted by atomic mass is 35.5. The first-order valence-electron chi connectivity index (χ1n) is 3.94. The molecular formula is C8H7ClN2O2S. The molecule has 0 spiro atoms. The van der Waals surface area contributed by atoms with Crippen LogP contribution in [0.15, 0.2) is 16.7 Å². The first-order valence-corrected chi connectivity index (χ1v) is 5.13. The first kappa shape index (κ1) is 9.64. The molecule has 74 valence electrons. The van der Waals surface area contributed by atoms with Gasteiger partial charge in [-0.15, -0.1) is 11.3 Å². The van der Waals surface area contributed by atoms with E-state index in [4.69, 9.17) is 16.1 Å². The Bertz CT molecular complexity index is 438. The molecule has 0 amide bonds. The van der Waals surface area contributed by atoms with E-state index in [0.29, 0.717) is 10.2 Å². The Morgan fingerprint density at radius 1 is 1.57 bits per heavy atom. The third-order valence-corrected chi connectivity index (χ3v) is 2.82. The maximum atomic E-state index is 9.18. The quantitative estimate of drug-likeness (QED) is 0.861. The van der Waals surface area contributed by atoms with Crippen molar-refractivity contribution in [1.82, 2.24) is 10.1 Å². The Labute approximate surface area is 89.1 Å². The maximum Gasteiger partial charge on any atom is 0.268 e. The van der Waals surface area contributed by atoms with Crippen molar-refractivity contribution in [2.75, 3.05) is 0 Å². The number of aliphatic hydroxyl groups is 1. The minimum atomic E-state index is -0.720. The molecule has 2 aromatic rings. The van der Waals surface area contributed by atoms with Gasteiger partial charge < -0.3 is 9.63 Å². The second-order valence-electron chi connectivity index (χ2n) is 2.74. The molecule has 1 N–H and O–H groups in total. The highest BCUT2D eigenvalue weighted by Gasteiger charge is 2.13. The van der Waals surface area contributed by atoms with E-state index in [9.17, 15) is 5.11 Å². The van der Waals surface area contributed by atoms with Gasteiger partial charge >= 0.3 is 0 Å². The van der Waals surface area contributed by atoms with Crippen molar-refractivity contribution in [2.24, 2.45) is 0 Å². The van der Waals surface area contributed by atoms with E-state index < -0.39 is 6.10 Å². The average Bonchev–Trinajstić information content (AvgIpc) is 2.70. The second kappa shape index (κ2) is 3.68. The maximum absolute atomic E-state index is 9.18. The molecule has 0 aromatic carbocycles. The molecule has 0 aliphatic rings. The van der Waals surface area contributed by atoms with Crippen LogP contribution in [0.5, 0.6) is 0 Å². The minimum absolute atomic E-state index is 0.282. The monoisotopic (exact) mass is 230 g/mol. The molecule has 0 radical (unpaired) electrons. The van der Waals surface area contributed by atoms with Crippen LogP contribution in [-0.4, -0.2) is 15.2 Å². The molecule has 0 aliphatic carbocycles. The van der Waals surface area contributed by atoms with Crippen molar-refractivity contribution in [3.05, 3.63) is 22.3 Å². The van der Waals surface area contributed by atoms with Gasteiger partial charge in [0.2, 0.25) is 0 Å². The average molecular weight is 231 g/mol. The van der Waals surface area contributed by atoms with Crippen molar-refractivity contribution in [3.8, 4) is 10.8 Å². The predicted molar refractivity (Wildman–Crippen MR) is 53.3 cm³/mol. The van der Waals surface area contributed by atoms with Crippen molar-refractivity contribution in [1.29, 1.82) is 0 Å². The summed E-state index contributed by atoms with van der Waals surface area (Å²) in [5.41, 5.74) is 0. The van der Waals surface area contributed by atoms with Gasteiger partial charge in [0.15, 0.2) is 5.82 Å². The van der Waals surface area contributed by atoms with Crippen LogP contribution in [0.3, 0.4) is 0 Å². The molecule has 0 bridgehead atoms. The van der Waals surface area contributed by atoms with Crippen molar-refractivity contribution in [3.63, 3.8) is 0 Å². The summed E-state index contributed by atoms with van der Waals surface area (Å²) in [7, 11) is 0. The third kappa shape index (κ3) is 1.79. The van der Waals surface area contributed by atoms with Crippen LogP contribution in [0.4, 0.5) is 0 Å². The van der Waals surface area contributed by atoms with Gasteiger partial charge in [0, 0.05) is 0 Å². The van der Waals surface area contributed by atoms with Gasteiger partial charge in [0.05, 0.1) is 9.21 Å². The molecule has 0 saturated carbocycles. The van der Waals surface area contributed by atoms with Crippen LogP contribution >= 0.6 is 22.9 Å². The fourth-order valence-corrected chi connectivity index (χ4v) is 1.90. The molecule has 6 heteroatoms. The zero-order valence-corrected chi connectivity index (χ0v) is 8.84. The predicted octanol–water partition coefficient (Wildman–Crippen LogP) is 2.50. The fourth-order valence-electron chi connectivity index (χ4n) is 0.934. The normalized spacial score (nSPS) is 13.1. The molecule has 14 heavy (non-hydrogen) atoms. The summed E-state index contributed by atoms with van der Waals surface area (Å²) in [5, 5.41) is 12.8. The van der Waals surface area contributed by atoms with Gasteiger partial charge in [-0.05, 0) is 19.1 Å². The summed E-state index contributed by atoms with van der Waals surface area (Å²) in [6, 6.07) is 3.56. The number of thiophene rings is 1. The largest absolute Gasteiger partial charge is 0.385 e. The van der Waals surface area contributed by atoms with Crippen LogP contribution in [0.1, 0.15) is 18.9 Å². The van der Waals surface area contributed by atoms with Crippen molar-refractivity contribution < 1.29 is 9.63 Å². The Morgan fingerprint density at radius 3 is 2.86 bits per heavy atom. The third-order valence-electron chi connectivity index (χ3n) is 1.60. The van der Waals surface area contributed by atoms with E-state index in [2.05, 4.69) is 10.1 Å². The van der Waals surface area contributed by atoms with Crippen molar-refractivity contribution in [2.45, 2.75) is 13.0 Å². The molecule has 2 aromatic heterocycles. The summed E-state index contributed by atoms with van der Waals surface area (Å²) in [6.07, 6.45) is -0.720. The number of halogens is 1. The lowest BCUT2D eigenvalue weighted by Gasteiger charge is -1.91. The number of hydrogen-bond donors (Lipinski definition) is 1. The molecule has 2 heterocycles. The van der Waals surface area contributed by atoms with Gasteiger partial charge in [-0.3, -0.25) is 0 Å². The van der Waals surface area contributed by atoms with E-state index in [0.717, 1.165) is 4.88 Å². The van der Waals surface area contributed by atoms with Gasteiger partial charge in [0.1, 0.15) is 6.10 Å². The molecule has 1 atom stereocenters. The first-order chi connectivity index (χ1) is 6.66. The lowest BCUT2D eigenvalue weighted by molar-refractivity contribution is 0.184. The molecular weight excluding hydrogens is 224 g/mol. The highest BCUT2D eigenvalue weighted by molar-refractivity contribution is 7.19. The second-order valence-corrected chi connectivity index (χ2v) is 4.45. The Balaban J connectivity index is 2.33. The van der Waals surface area contributed by atoms with E-state index >= 15 is 0 Å². The Hall–Kier alpha value is -0.910. The zero-order chi connectivity index (χ0) is 10.1. The molecule has 0 fully saturated rings. The van der Waals surface area contributed by atoms with Crippen LogP contribution in [0, 0.1) is 0 Å². The summed E-state index contributed by atoms with van der Waals surface area (Å²) in [5.74, 6) is 0.669. The van der Waals surface area contributed by atoms with Crippen LogP contribution in [-0.2, 0) is 0 Å². The van der Waals surface area contributed by atoms with E-state index in [1.54, 1.807) is 19.1 Å². The lowest BCUT2D eigenvalue weighted by atomic mass is 10.4. The summed E-state index contributed by atoms with van der Waals surface area (Å²) in [4.78, 5) is 4.82. The number of hydrogen-bond acceptors (Lipinski definition) is 5. The smallest absolute Gasteiger partial charge is 0.268 e. The molecule has 4 nitrogen and oxygen atoms in total.